The zero-order chi connectivity index (χ0) is 9.19. The van der Waals surface area contributed by atoms with Crippen LogP contribution in [0.5, 0.6) is 0 Å². The van der Waals surface area contributed by atoms with E-state index >= 15 is 0 Å². The first kappa shape index (κ1) is 25.7. The van der Waals surface area contributed by atoms with Gasteiger partial charge in [0.15, 0.2) is 0 Å². The summed E-state index contributed by atoms with van der Waals surface area (Å²) in [5.74, 6) is 0. The van der Waals surface area contributed by atoms with Gasteiger partial charge in [-0.25, -0.2) is 0 Å². The van der Waals surface area contributed by atoms with Crippen molar-refractivity contribution in [3.63, 3.8) is 0 Å². The number of hydrogen-bond acceptors (Lipinski definition) is 0. The largest absolute Gasteiger partial charge is 4.00 e. The third kappa shape index (κ3) is 8.05. The molecule has 0 spiro atoms. The van der Waals surface area contributed by atoms with Crippen LogP contribution in [0.2, 0.25) is 18.6 Å². The van der Waals surface area contributed by atoms with Gasteiger partial charge in [0, 0.05) is 0 Å². The van der Waals surface area contributed by atoms with Crippen LogP contribution < -0.4 is 0 Å². The zero-order valence-electron chi connectivity index (χ0n) is 12.4. The molecule has 0 aromatic carbocycles. The summed E-state index contributed by atoms with van der Waals surface area (Å²) in [6.45, 7) is 9.29. The number of nitrogens with zero attached hydrogens (tertiary/aromatic N) is 1. The molecule has 0 aromatic heterocycles. The van der Waals surface area contributed by atoms with Crippen molar-refractivity contribution in [2.24, 2.45) is 0 Å². The van der Waals surface area contributed by atoms with Crippen LogP contribution in [0.4, 0.5) is 0 Å². The molecule has 1 nitrogen and oxygen atoms in total. The van der Waals surface area contributed by atoms with Crippen molar-refractivity contribution in [3.8, 4) is 0 Å². The first-order valence-corrected chi connectivity index (χ1v) is 8.27. The van der Waals surface area contributed by atoms with Crippen LogP contribution in [0, 0.1) is 22.3 Å². The number of rotatable bonds is 3. The molecule has 1 fully saturated rings. The Morgan fingerprint density at radius 1 is 1.00 bits per heavy atom. The van der Waals surface area contributed by atoms with E-state index in [1.54, 1.807) is 0 Å². The maximum Gasteiger partial charge on any atom is 4.00 e. The average Bonchev–Trinajstić information content (AvgIpc) is 2.32. The predicted octanol–water partition coefficient (Wildman–Crippen LogP) is 5.27. The number of hydrogen-bond donors (Lipinski definition) is 0. The SMILES string of the molecule is CC(C)[N-][Si](C)(C)C1CCCC1.[CH3-].[CH3-].[CH3-].[Ti+4]. The van der Waals surface area contributed by atoms with Crippen LogP contribution in [0.1, 0.15) is 39.5 Å². The molecule has 0 aromatic rings. The molecule has 1 aliphatic carbocycles. The molecule has 0 radical (unpaired) electrons. The van der Waals surface area contributed by atoms with E-state index in [1.165, 1.54) is 25.7 Å². The molecule has 16 heavy (non-hydrogen) atoms. The smallest absolute Gasteiger partial charge is 0.662 e. The Labute approximate surface area is 121 Å². The minimum absolute atomic E-state index is 0. The van der Waals surface area contributed by atoms with Crippen LogP contribution in [0.3, 0.4) is 0 Å². The molecule has 0 unspecified atom stereocenters. The summed E-state index contributed by atoms with van der Waals surface area (Å²) in [7, 11) is -1.21. The second-order valence-electron chi connectivity index (χ2n) is 4.86. The molecule has 0 atom stereocenters. The van der Waals surface area contributed by atoms with Crippen LogP contribution in [-0.2, 0) is 21.7 Å². The third-order valence-corrected chi connectivity index (χ3v) is 6.70. The summed E-state index contributed by atoms with van der Waals surface area (Å²) < 4.78 is 0. The third-order valence-electron chi connectivity index (χ3n) is 2.95. The van der Waals surface area contributed by atoms with Crippen molar-refractivity contribution in [1.82, 2.24) is 0 Å². The van der Waals surface area contributed by atoms with E-state index in [9.17, 15) is 0 Å². The second kappa shape index (κ2) is 11.0. The first-order chi connectivity index (χ1) is 5.52. The van der Waals surface area contributed by atoms with Crippen LogP contribution >= 0.6 is 0 Å². The summed E-state index contributed by atoms with van der Waals surface area (Å²) in [6.07, 6.45) is 5.81. The van der Waals surface area contributed by atoms with Crippen molar-refractivity contribution >= 4 is 8.24 Å². The molecule has 1 aliphatic rings. The Bertz CT molecular complexity index is 143. The van der Waals surface area contributed by atoms with Gasteiger partial charge in [0.05, 0.1) is 0 Å². The van der Waals surface area contributed by atoms with Crippen molar-refractivity contribution in [2.45, 2.75) is 64.2 Å². The monoisotopic (exact) mass is 277 g/mol. The Balaban J connectivity index is -0.000000180. The molecule has 3 heteroatoms. The fourth-order valence-corrected chi connectivity index (χ4v) is 5.77. The minimum atomic E-state index is -1.21. The Hall–Kier alpha value is 0.891. The molecule has 1 saturated carbocycles. The molecule has 0 heterocycles. The maximum absolute atomic E-state index is 4.93. The summed E-state index contributed by atoms with van der Waals surface area (Å²) in [5.41, 5.74) is 0.986. The molecule has 0 bridgehead atoms. The molecular weight excluding hydrogens is 246 g/mol. The normalized spacial score (nSPS) is 15.6. The Kier molecular flexibility index (Phi) is 17.7. The van der Waals surface area contributed by atoms with E-state index in [2.05, 4.69) is 26.9 Å². The van der Waals surface area contributed by atoms with Gasteiger partial charge in [0.25, 0.3) is 0 Å². The molecule has 0 amide bonds. The summed E-state index contributed by atoms with van der Waals surface area (Å²) in [5, 5.41) is 0. The summed E-state index contributed by atoms with van der Waals surface area (Å²) in [6, 6.07) is 0.548. The quantitative estimate of drug-likeness (QED) is 0.493. The standard InChI is InChI=1S/C10H22NSi.3CH3.Ti/c1-9(2)11-12(3,4)10-7-5-6-8-10;;;;/h9-10H,5-8H2,1-4H3;3*1H3;/q4*-1;+4. The Morgan fingerprint density at radius 3 is 1.69 bits per heavy atom. The second-order valence-corrected chi connectivity index (χ2v) is 9.24. The molecule has 0 saturated heterocycles. The molecule has 1 rings (SSSR count). The van der Waals surface area contributed by atoms with Gasteiger partial charge >= 0.3 is 21.7 Å². The fourth-order valence-electron chi connectivity index (χ4n) is 2.40. The van der Waals surface area contributed by atoms with Crippen molar-refractivity contribution in [2.75, 3.05) is 0 Å². The van der Waals surface area contributed by atoms with Gasteiger partial charge in [-0.3, -0.25) is 0 Å². The molecule has 0 aliphatic heterocycles. The summed E-state index contributed by atoms with van der Waals surface area (Å²) in [4.78, 5) is 4.93. The van der Waals surface area contributed by atoms with Crippen LogP contribution in [-0.4, -0.2) is 14.3 Å². The topological polar surface area (TPSA) is 14.1 Å². The fraction of sp³-hybridized carbons (Fsp3) is 0.769. The predicted molar refractivity (Wildman–Crippen MR) is 77.4 cm³/mol. The average molecular weight is 277 g/mol. The molecule has 0 N–H and O–H groups in total. The van der Waals surface area contributed by atoms with E-state index < -0.39 is 8.24 Å². The first-order valence-electron chi connectivity index (χ1n) is 5.24. The molecule has 96 valence electrons. The van der Waals surface area contributed by atoms with Crippen LogP contribution in [0.25, 0.3) is 4.98 Å². The molecular formula is C13H31NSiTi. The van der Waals surface area contributed by atoms with E-state index in [4.69, 9.17) is 4.98 Å². The van der Waals surface area contributed by atoms with Gasteiger partial charge in [-0.05, 0) is 0 Å². The van der Waals surface area contributed by atoms with Gasteiger partial charge in [0.2, 0.25) is 0 Å². The van der Waals surface area contributed by atoms with E-state index in [-0.39, 0.29) is 44.0 Å². The Morgan fingerprint density at radius 2 is 1.38 bits per heavy atom. The van der Waals surface area contributed by atoms with Gasteiger partial charge in [-0.2, -0.15) is 0 Å². The van der Waals surface area contributed by atoms with Crippen molar-refractivity contribution in [1.29, 1.82) is 0 Å². The minimum Gasteiger partial charge on any atom is -0.662 e. The van der Waals surface area contributed by atoms with Gasteiger partial charge in [0.1, 0.15) is 0 Å². The van der Waals surface area contributed by atoms with Crippen LogP contribution in [0.15, 0.2) is 0 Å². The zero-order valence-corrected chi connectivity index (χ0v) is 15.0. The van der Waals surface area contributed by atoms with Gasteiger partial charge in [-0.1, -0.05) is 66.4 Å². The van der Waals surface area contributed by atoms with Gasteiger partial charge in [-0.15, -0.1) is 6.04 Å². The summed E-state index contributed by atoms with van der Waals surface area (Å²) >= 11 is 0. The van der Waals surface area contributed by atoms with E-state index in [1.807, 2.05) is 0 Å². The van der Waals surface area contributed by atoms with E-state index in [0.29, 0.717) is 6.04 Å². The maximum atomic E-state index is 4.93. The van der Waals surface area contributed by atoms with Crippen molar-refractivity contribution in [3.05, 3.63) is 27.3 Å². The van der Waals surface area contributed by atoms with Gasteiger partial charge < -0.3 is 27.3 Å². The van der Waals surface area contributed by atoms with E-state index in [0.717, 1.165) is 5.54 Å². The van der Waals surface area contributed by atoms with Crippen molar-refractivity contribution < 1.29 is 21.7 Å².